The summed E-state index contributed by atoms with van der Waals surface area (Å²) in [6.07, 6.45) is 0.756. The van der Waals surface area contributed by atoms with E-state index in [9.17, 15) is 4.79 Å². The molecule has 5 nitrogen and oxygen atoms in total. The van der Waals surface area contributed by atoms with Gasteiger partial charge in [0.1, 0.15) is 17.3 Å². The van der Waals surface area contributed by atoms with E-state index < -0.39 is 0 Å². The van der Waals surface area contributed by atoms with Crippen molar-refractivity contribution < 1.29 is 13.9 Å². The van der Waals surface area contributed by atoms with Gasteiger partial charge in [-0.3, -0.25) is 0 Å². The van der Waals surface area contributed by atoms with Crippen molar-refractivity contribution in [2.24, 2.45) is 0 Å². The quantitative estimate of drug-likeness (QED) is 0.769. The SMILES string of the molecule is Cc1cc(CNC(=O)NCCCOc2ccccc2C)c(C)o1. The molecule has 0 aliphatic heterocycles. The normalized spacial score (nSPS) is 10.4. The second kappa shape index (κ2) is 8.27. The van der Waals surface area contributed by atoms with Crippen LogP contribution in [0.2, 0.25) is 0 Å². The smallest absolute Gasteiger partial charge is 0.315 e. The van der Waals surface area contributed by atoms with Gasteiger partial charge in [-0.1, -0.05) is 18.2 Å². The van der Waals surface area contributed by atoms with E-state index >= 15 is 0 Å². The molecule has 1 heterocycles. The van der Waals surface area contributed by atoms with Crippen LogP contribution in [-0.2, 0) is 6.54 Å². The van der Waals surface area contributed by atoms with Crippen molar-refractivity contribution in [2.45, 2.75) is 33.7 Å². The minimum Gasteiger partial charge on any atom is -0.493 e. The Kier molecular flexibility index (Phi) is 6.09. The van der Waals surface area contributed by atoms with Crippen LogP contribution in [0.4, 0.5) is 4.79 Å². The molecule has 0 saturated carbocycles. The van der Waals surface area contributed by atoms with Gasteiger partial charge in [-0.15, -0.1) is 0 Å². The molecule has 2 rings (SSSR count). The summed E-state index contributed by atoms with van der Waals surface area (Å²) in [5.41, 5.74) is 2.12. The van der Waals surface area contributed by atoms with Gasteiger partial charge in [0.15, 0.2) is 0 Å². The monoisotopic (exact) mass is 316 g/mol. The molecule has 0 radical (unpaired) electrons. The molecule has 0 unspecified atom stereocenters. The Balaban J connectivity index is 1.60. The van der Waals surface area contributed by atoms with Crippen LogP contribution in [0, 0.1) is 20.8 Å². The maximum Gasteiger partial charge on any atom is 0.315 e. The van der Waals surface area contributed by atoms with Crippen LogP contribution in [-0.4, -0.2) is 19.2 Å². The van der Waals surface area contributed by atoms with Crippen molar-refractivity contribution >= 4 is 6.03 Å². The average molecular weight is 316 g/mol. The summed E-state index contributed by atoms with van der Waals surface area (Å²) in [6, 6.07) is 9.65. The summed E-state index contributed by atoms with van der Waals surface area (Å²) < 4.78 is 11.1. The lowest BCUT2D eigenvalue weighted by atomic mass is 10.2. The third-order valence-electron chi connectivity index (χ3n) is 3.54. The number of aryl methyl sites for hydroxylation is 3. The van der Waals surface area contributed by atoms with E-state index in [0.717, 1.165) is 34.8 Å². The van der Waals surface area contributed by atoms with E-state index in [1.54, 1.807) is 0 Å². The first-order valence-electron chi connectivity index (χ1n) is 7.82. The van der Waals surface area contributed by atoms with E-state index in [2.05, 4.69) is 10.6 Å². The highest BCUT2D eigenvalue weighted by Gasteiger charge is 2.06. The van der Waals surface area contributed by atoms with Crippen LogP contribution in [0.25, 0.3) is 0 Å². The van der Waals surface area contributed by atoms with Crippen LogP contribution in [0.1, 0.15) is 29.1 Å². The van der Waals surface area contributed by atoms with Gasteiger partial charge in [-0.05, 0) is 44.9 Å². The number of carbonyl (C=O) groups is 1. The molecule has 1 aromatic heterocycles. The lowest BCUT2D eigenvalue weighted by Gasteiger charge is -2.10. The minimum absolute atomic E-state index is 0.181. The number of nitrogens with one attached hydrogen (secondary N) is 2. The maximum absolute atomic E-state index is 11.7. The zero-order chi connectivity index (χ0) is 16.7. The van der Waals surface area contributed by atoms with E-state index in [4.69, 9.17) is 9.15 Å². The third-order valence-corrected chi connectivity index (χ3v) is 3.54. The molecule has 0 aliphatic carbocycles. The Bertz CT molecular complexity index is 649. The fourth-order valence-electron chi connectivity index (χ4n) is 2.27. The van der Waals surface area contributed by atoms with E-state index in [0.29, 0.717) is 19.7 Å². The van der Waals surface area contributed by atoms with Gasteiger partial charge < -0.3 is 19.8 Å². The van der Waals surface area contributed by atoms with Gasteiger partial charge in [0.2, 0.25) is 0 Å². The van der Waals surface area contributed by atoms with E-state index in [1.165, 1.54) is 0 Å². The summed E-state index contributed by atoms with van der Waals surface area (Å²) in [4.78, 5) is 11.7. The van der Waals surface area contributed by atoms with Crippen LogP contribution >= 0.6 is 0 Å². The molecule has 124 valence electrons. The molecule has 1 aromatic carbocycles. The molecule has 0 bridgehead atoms. The van der Waals surface area contributed by atoms with E-state index in [-0.39, 0.29) is 6.03 Å². The number of rotatable bonds is 7. The molecule has 2 amide bonds. The number of benzene rings is 1. The first kappa shape index (κ1) is 16.9. The molecule has 23 heavy (non-hydrogen) atoms. The summed E-state index contributed by atoms with van der Waals surface area (Å²) in [5, 5.41) is 5.64. The molecule has 0 spiro atoms. The summed E-state index contributed by atoms with van der Waals surface area (Å²) >= 11 is 0. The standard InChI is InChI=1S/C18H24N2O3/c1-13-7-4-5-8-17(13)22-10-6-9-19-18(21)20-12-16-11-14(2)23-15(16)3/h4-5,7-8,11H,6,9-10,12H2,1-3H3,(H2,19,20,21). The van der Waals surface area contributed by atoms with Crippen molar-refractivity contribution in [2.75, 3.05) is 13.2 Å². The molecular weight excluding hydrogens is 292 g/mol. The Morgan fingerprint density at radius 1 is 1.17 bits per heavy atom. The number of ether oxygens (including phenoxy) is 1. The van der Waals surface area contributed by atoms with Gasteiger partial charge in [-0.25, -0.2) is 4.79 Å². The van der Waals surface area contributed by atoms with Crippen molar-refractivity contribution in [3.63, 3.8) is 0 Å². The van der Waals surface area contributed by atoms with Crippen molar-refractivity contribution in [1.29, 1.82) is 0 Å². The number of para-hydroxylation sites is 1. The number of hydrogen-bond donors (Lipinski definition) is 2. The summed E-state index contributed by atoms with van der Waals surface area (Å²) in [5.74, 6) is 2.59. The van der Waals surface area contributed by atoms with Gasteiger partial charge in [0.05, 0.1) is 6.61 Å². The van der Waals surface area contributed by atoms with Gasteiger partial charge in [-0.2, -0.15) is 0 Å². The number of hydrogen-bond acceptors (Lipinski definition) is 3. The van der Waals surface area contributed by atoms with Crippen LogP contribution in [0.3, 0.4) is 0 Å². The number of carbonyl (C=O) groups excluding carboxylic acids is 1. The maximum atomic E-state index is 11.7. The molecule has 0 fully saturated rings. The van der Waals surface area contributed by atoms with Crippen LogP contribution in [0.5, 0.6) is 5.75 Å². The fraction of sp³-hybridized carbons (Fsp3) is 0.389. The highest BCUT2D eigenvalue weighted by atomic mass is 16.5. The number of amides is 2. The first-order chi connectivity index (χ1) is 11.1. The van der Waals surface area contributed by atoms with Crippen LogP contribution < -0.4 is 15.4 Å². The minimum atomic E-state index is -0.181. The molecule has 2 aromatic rings. The van der Waals surface area contributed by atoms with Gasteiger partial charge >= 0.3 is 6.03 Å². The largest absolute Gasteiger partial charge is 0.493 e. The van der Waals surface area contributed by atoms with Crippen molar-refractivity contribution in [3.05, 3.63) is 53.0 Å². The lowest BCUT2D eigenvalue weighted by molar-refractivity contribution is 0.238. The zero-order valence-electron chi connectivity index (χ0n) is 13.9. The molecule has 0 aliphatic rings. The number of urea groups is 1. The van der Waals surface area contributed by atoms with Gasteiger partial charge in [0, 0.05) is 18.7 Å². The Hall–Kier alpha value is -2.43. The molecular formula is C18H24N2O3. The molecule has 0 saturated heterocycles. The zero-order valence-corrected chi connectivity index (χ0v) is 13.9. The van der Waals surface area contributed by atoms with Gasteiger partial charge in [0.25, 0.3) is 0 Å². The van der Waals surface area contributed by atoms with Crippen LogP contribution in [0.15, 0.2) is 34.7 Å². The highest BCUT2D eigenvalue weighted by Crippen LogP contribution is 2.16. The second-order valence-electron chi connectivity index (χ2n) is 5.52. The first-order valence-corrected chi connectivity index (χ1v) is 7.82. The topological polar surface area (TPSA) is 63.5 Å². The van der Waals surface area contributed by atoms with E-state index in [1.807, 2.05) is 51.1 Å². The predicted octanol–water partition coefficient (Wildman–Crippen LogP) is 3.47. The highest BCUT2D eigenvalue weighted by molar-refractivity contribution is 5.73. The molecule has 0 atom stereocenters. The summed E-state index contributed by atoms with van der Waals surface area (Å²) in [6.45, 7) is 7.41. The van der Waals surface area contributed by atoms with Crippen molar-refractivity contribution in [1.82, 2.24) is 10.6 Å². The van der Waals surface area contributed by atoms with Crippen molar-refractivity contribution in [3.8, 4) is 5.75 Å². The Labute approximate surface area is 137 Å². The Morgan fingerprint density at radius 3 is 2.65 bits per heavy atom. The predicted molar refractivity (Wildman–Crippen MR) is 89.7 cm³/mol. The molecule has 5 heteroatoms. The fourth-order valence-corrected chi connectivity index (χ4v) is 2.27. The third kappa shape index (κ3) is 5.36. The molecule has 2 N–H and O–H groups in total. The number of furan rings is 1. The average Bonchev–Trinajstić information content (AvgIpc) is 2.84. The lowest BCUT2D eigenvalue weighted by Crippen LogP contribution is -2.36. The Morgan fingerprint density at radius 2 is 1.96 bits per heavy atom. The summed E-state index contributed by atoms with van der Waals surface area (Å²) in [7, 11) is 0. The second-order valence-corrected chi connectivity index (χ2v) is 5.52.